The molecule has 0 heterocycles. The number of hydrogen-bond acceptors (Lipinski definition) is 1. The molecule has 0 amide bonds. The van der Waals surface area contributed by atoms with Crippen LogP contribution >= 0.6 is 0 Å². The van der Waals surface area contributed by atoms with Crippen molar-refractivity contribution in [3.8, 4) is 0 Å². The highest BCUT2D eigenvalue weighted by Crippen LogP contribution is 2.22. The minimum atomic E-state index is -0.0305. The standard InChI is InChI=1S/C24H48O/c1-20(2)12-9-13-21(3)14-10-15-22(4)16-11-17-23(5)18-19-25-24(6,7)8/h18,20-22H,9-17,19H2,1-8H3/b23-18+/t21-,22-/m1/s1. The molecule has 0 bridgehead atoms. The third-order valence-corrected chi connectivity index (χ3v) is 5.09. The molecule has 0 rings (SSSR count). The van der Waals surface area contributed by atoms with Crippen LogP contribution in [-0.4, -0.2) is 12.2 Å². The lowest BCUT2D eigenvalue weighted by molar-refractivity contribution is 0.0147. The average Bonchev–Trinajstić information content (AvgIpc) is 2.45. The molecule has 0 unspecified atom stereocenters. The van der Waals surface area contributed by atoms with Crippen LogP contribution in [0.3, 0.4) is 0 Å². The first kappa shape index (κ1) is 24.7. The second-order valence-electron chi connectivity index (χ2n) is 9.83. The fourth-order valence-corrected chi connectivity index (χ4v) is 3.24. The van der Waals surface area contributed by atoms with Gasteiger partial charge < -0.3 is 4.74 Å². The minimum absolute atomic E-state index is 0.0305. The molecule has 0 saturated heterocycles. The van der Waals surface area contributed by atoms with Crippen molar-refractivity contribution < 1.29 is 4.74 Å². The minimum Gasteiger partial charge on any atom is -0.372 e. The van der Waals surface area contributed by atoms with Crippen LogP contribution in [-0.2, 0) is 4.74 Å². The molecule has 25 heavy (non-hydrogen) atoms. The first-order valence-corrected chi connectivity index (χ1v) is 10.9. The summed E-state index contributed by atoms with van der Waals surface area (Å²) in [5.41, 5.74) is 1.45. The Morgan fingerprint density at radius 3 is 1.76 bits per heavy atom. The fourth-order valence-electron chi connectivity index (χ4n) is 3.24. The van der Waals surface area contributed by atoms with Gasteiger partial charge in [0.1, 0.15) is 0 Å². The Morgan fingerprint density at radius 1 is 0.800 bits per heavy atom. The van der Waals surface area contributed by atoms with Crippen molar-refractivity contribution in [2.45, 2.75) is 119 Å². The Labute approximate surface area is 160 Å². The molecule has 0 aromatic rings. The summed E-state index contributed by atoms with van der Waals surface area (Å²) in [6.07, 6.45) is 14.7. The molecule has 150 valence electrons. The SMILES string of the molecule is C/C(=C\COC(C)(C)C)CCC[C@H](C)CCC[C@H](C)CCCC(C)C. The number of ether oxygens (including phenoxy) is 1. The van der Waals surface area contributed by atoms with Gasteiger partial charge in [-0.15, -0.1) is 0 Å². The molecule has 0 aliphatic heterocycles. The van der Waals surface area contributed by atoms with E-state index in [9.17, 15) is 0 Å². The van der Waals surface area contributed by atoms with E-state index in [0.717, 1.165) is 24.4 Å². The molecule has 0 radical (unpaired) electrons. The normalized spacial score (nSPS) is 15.6. The number of hydrogen-bond donors (Lipinski definition) is 0. The molecule has 0 aromatic carbocycles. The maximum absolute atomic E-state index is 5.77. The maximum Gasteiger partial charge on any atom is 0.0657 e. The van der Waals surface area contributed by atoms with Crippen molar-refractivity contribution in [3.05, 3.63) is 11.6 Å². The van der Waals surface area contributed by atoms with Gasteiger partial charge in [0.05, 0.1) is 12.2 Å². The van der Waals surface area contributed by atoms with E-state index < -0.39 is 0 Å². The zero-order valence-corrected chi connectivity index (χ0v) is 18.8. The van der Waals surface area contributed by atoms with E-state index in [4.69, 9.17) is 4.74 Å². The van der Waals surface area contributed by atoms with Crippen molar-refractivity contribution in [2.24, 2.45) is 17.8 Å². The molecule has 0 aromatic heterocycles. The van der Waals surface area contributed by atoms with Crippen molar-refractivity contribution in [1.82, 2.24) is 0 Å². The third kappa shape index (κ3) is 18.3. The van der Waals surface area contributed by atoms with Gasteiger partial charge >= 0.3 is 0 Å². The van der Waals surface area contributed by atoms with Gasteiger partial charge in [0, 0.05) is 0 Å². The van der Waals surface area contributed by atoms with Gasteiger partial charge in [0.15, 0.2) is 0 Å². The van der Waals surface area contributed by atoms with Gasteiger partial charge in [-0.25, -0.2) is 0 Å². The van der Waals surface area contributed by atoms with Crippen molar-refractivity contribution >= 4 is 0 Å². The molecule has 0 fully saturated rings. The van der Waals surface area contributed by atoms with Gasteiger partial charge in [-0.3, -0.25) is 0 Å². The zero-order chi connectivity index (χ0) is 19.3. The number of allylic oxidation sites excluding steroid dienone is 1. The van der Waals surface area contributed by atoms with Crippen molar-refractivity contribution in [3.63, 3.8) is 0 Å². The lowest BCUT2D eigenvalue weighted by Crippen LogP contribution is -2.19. The van der Waals surface area contributed by atoms with E-state index in [1.54, 1.807) is 0 Å². The molecular weight excluding hydrogens is 304 g/mol. The topological polar surface area (TPSA) is 9.23 Å². The summed E-state index contributed by atoms with van der Waals surface area (Å²) in [6, 6.07) is 0. The van der Waals surface area contributed by atoms with Gasteiger partial charge in [0.2, 0.25) is 0 Å². The zero-order valence-electron chi connectivity index (χ0n) is 18.8. The molecule has 0 saturated carbocycles. The summed E-state index contributed by atoms with van der Waals surface area (Å²) in [4.78, 5) is 0. The highest BCUT2D eigenvalue weighted by molar-refractivity contribution is 4.98. The first-order chi connectivity index (χ1) is 11.6. The van der Waals surface area contributed by atoms with E-state index in [-0.39, 0.29) is 5.60 Å². The number of rotatable bonds is 14. The quantitative estimate of drug-likeness (QED) is 0.286. The lowest BCUT2D eigenvalue weighted by Gasteiger charge is -2.18. The monoisotopic (exact) mass is 352 g/mol. The summed E-state index contributed by atoms with van der Waals surface area (Å²) in [7, 11) is 0. The van der Waals surface area contributed by atoms with Crippen LogP contribution in [0.5, 0.6) is 0 Å². The van der Waals surface area contributed by atoms with Gasteiger partial charge in [-0.05, 0) is 58.3 Å². The highest BCUT2D eigenvalue weighted by Gasteiger charge is 2.09. The van der Waals surface area contributed by atoms with E-state index in [0.29, 0.717) is 0 Å². The Balaban J connectivity index is 3.66. The second-order valence-corrected chi connectivity index (χ2v) is 9.83. The van der Waals surface area contributed by atoms with Crippen molar-refractivity contribution in [2.75, 3.05) is 6.61 Å². The van der Waals surface area contributed by atoms with Gasteiger partial charge in [0.25, 0.3) is 0 Å². The Kier molecular flexibility index (Phi) is 13.7. The predicted octanol–water partition coefficient (Wildman–Crippen LogP) is 8.19. The van der Waals surface area contributed by atoms with Crippen molar-refractivity contribution in [1.29, 1.82) is 0 Å². The van der Waals surface area contributed by atoms with E-state index >= 15 is 0 Å². The Hall–Kier alpha value is -0.300. The fraction of sp³-hybridized carbons (Fsp3) is 0.917. The molecule has 1 heteroatoms. The molecule has 2 atom stereocenters. The van der Waals surface area contributed by atoms with E-state index in [1.165, 1.54) is 63.4 Å². The molecule has 1 nitrogen and oxygen atoms in total. The lowest BCUT2D eigenvalue weighted by atomic mass is 9.91. The van der Waals surface area contributed by atoms with Crippen LogP contribution in [0.4, 0.5) is 0 Å². The molecule has 0 spiro atoms. The van der Waals surface area contributed by atoms with Crippen LogP contribution in [0, 0.1) is 17.8 Å². The summed E-state index contributed by atoms with van der Waals surface area (Å²) in [5.74, 6) is 2.66. The summed E-state index contributed by atoms with van der Waals surface area (Å²) >= 11 is 0. The summed E-state index contributed by atoms with van der Waals surface area (Å²) < 4.78 is 5.77. The average molecular weight is 353 g/mol. The van der Waals surface area contributed by atoms with E-state index in [1.807, 2.05) is 0 Å². The Morgan fingerprint density at radius 2 is 1.28 bits per heavy atom. The Bertz CT molecular complexity index is 334. The predicted molar refractivity (Wildman–Crippen MR) is 114 cm³/mol. The largest absolute Gasteiger partial charge is 0.372 e. The van der Waals surface area contributed by atoms with Crippen LogP contribution in [0.25, 0.3) is 0 Å². The van der Waals surface area contributed by atoms with Crippen LogP contribution in [0.1, 0.15) is 113 Å². The third-order valence-electron chi connectivity index (χ3n) is 5.09. The highest BCUT2D eigenvalue weighted by atomic mass is 16.5. The molecule has 0 N–H and O–H groups in total. The van der Waals surface area contributed by atoms with Crippen LogP contribution < -0.4 is 0 Å². The van der Waals surface area contributed by atoms with E-state index in [2.05, 4.69) is 61.5 Å². The smallest absolute Gasteiger partial charge is 0.0657 e. The summed E-state index contributed by atoms with van der Waals surface area (Å²) in [5, 5.41) is 0. The van der Waals surface area contributed by atoms with Crippen LogP contribution in [0.15, 0.2) is 11.6 Å². The maximum atomic E-state index is 5.77. The summed E-state index contributed by atoms with van der Waals surface area (Å²) in [6.45, 7) is 18.9. The molecular formula is C24H48O. The first-order valence-electron chi connectivity index (χ1n) is 10.9. The second kappa shape index (κ2) is 13.8. The van der Waals surface area contributed by atoms with Gasteiger partial charge in [-0.1, -0.05) is 84.3 Å². The molecule has 0 aliphatic carbocycles. The molecule has 0 aliphatic rings. The van der Waals surface area contributed by atoms with Gasteiger partial charge in [-0.2, -0.15) is 0 Å². The van der Waals surface area contributed by atoms with Crippen LogP contribution in [0.2, 0.25) is 0 Å².